The number of hydrogen-bond donors (Lipinski definition) is 2. The minimum absolute atomic E-state index is 0.00842. The second kappa shape index (κ2) is 15.9. The van der Waals surface area contributed by atoms with Crippen LogP contribution in [0.2, 0.25) is 0 Å². The quantitative estimate of drug-likeness (QED) is 0.121. The Hall–Kier alpha value is -5.67. The predicted octanol–water partition coefficient (Wildman–Crippen LogP) is 8.81. The summed E-state index contributed by atoms with van der Waals surface area (Å²) in [6.45, 7) is 0.383. The Labute approximate surface area is 294 Å². The maximum absolute atomic E-state index is 14.5. The molecule has 2 N–H and O–H groups in total. The van der Waals surface area contributed by atoms with Crippen LogP contribution in [0.5, 0.6) is 5.75 Å². The summed E-state index contributed by atoms with van der Waals surface area (Å²) in [5.41, 5.74) is 2.63. The van der Waals surface area contributed by atoms with Crippen molar-refractivity contribution < 1.29 is 32.5 Å². The number of halogens is 3. The normalized spacial score (nSPS) is 17.2. The van der Waals surface area contributed by atoms with Gasteiger partial charge in [0, 0.05) is 31.6 Å². The first-order valence-electron chi connectivity index (χ1n) is 16.7. The van der Waals surface area contributed by atoms with E-state index in [1.165, 1.54) is 12.1 Å². The van der Waals surface area contributed by atoms with E-state index in [4.69, 9.17) is 19.6 Å². The Morgan fingerprint density at radius 2 is 1.45 bits per heavy atom. The highest BCUT2D eigenvalue weighted by Gasteiger charge is 2.52. The van der Waals surface area contributed by atoms with Gasteiger partial charge < -0.3 is 19.9 Å². The molecule has 0 spiro atoms. The fourth-order valence-electron chi connectivity index (χ4n) is 5.88. The van der Waals surface area contributed by atoms with Gasteiger partial charge in [0.05, 0.1) is 12.2 Å². The molecule has 260 valence electrons. The number of alkyl halides is 3. The number of rotatable bonds is 13. The lowest BCUT2D eigenvalue weighted by Gasteiger charge is -2.30. The van der Waals surface area contributed by atoms with Crippen molar-refractivity contribution in [2.24, 2.45) is 4.99 Å². The molecule has 0 aliphatic carbocycles. The highest BCUT2D eigenvalue weighted by atomic mass is 19.4. The summed E-state index contributed by atoms with van der Waals surface area (Å²) >= 11 is 0. The van der Waals surface area contributed by atoms with Crippen LogP contribution in [-0.2, 0) is 22.3 Å². The highest BCUT2D eigenvalue weighted by Crippen LogP contribution is 2.43. The zero-order valence-electron chi connectivity index (χ0n) is 27.7. The Kier molecular flexibility index (Phi) is 11.0. The number of amides is 1. The van der Waals surface area contributed by atoms with E-state index < -0.39 is 29.3 Å². The van der Waals surface area contributed by atoms with Crippen LogP contribution in [0.4, 0.5) is 13.2 Å². The van der Waals surface area contributed by atoms with Gasteiger partial charge in [-0.15, -0.1) is 0 Å². The molecule has 1 heterocycles. The molecule has 6 nitrogen and oxygen atoms in total. The van der Waals surface area contributed by atoms with Crippen LogP contribution in [0.1, 0.15) is 46.8 Å². The van der Waals surface area contributed by atoms with Gasteiger partial charge in [-0.25, -0.2) is 4.99 Å². The third-order valence-electron chi connectivity index (χ3n) is 8.62. The summed E-state index contributed by atoms with van der Waals surface area (Å²) in [6, 6.07) is 39.3. The third-order valence-corrected chi connectivity index (χ3v) is 8.62. The van der Waals surface area contributed by atoms with Gasteiger partial charge in [0.15, 0.2) is 11.6 Å². The van der Waals surface area contributed by atoms with Crippen LogP contribution in [0.3, 0.4) is 0 Å². The highest BCUT2D eigenvalue weighted by molar-refractivity contribution is 6.01. The van der Waals surface area contributed by atoms with Crippen molar-refractivity contribution in [2.75, 3.05) is 13.2 Å². The molecule has 6 rings (SSSR count). The maximum atomic E-state index is 14.5. The Morgan fingerprint density at radius 1 is 0.824 bits per heavy atom. The molecule has 0 saturated carbocycles. The van der Waals surface area contributed by atoms with Crippen LogP contribution in [0.15, 0.2) is 145 Å². The van der Waals surface area contributed by atoms with E-state index >= 15 is 0 Å². The first-order chi connectivity index (χ1) is 24.7. The van der Waals surface area contributed by atoms with Crippen molar-refractivity contribution in [3.05, 3.63) is 167 Å². The topological polar surface area (TPSA) is 80.2 Å². The summed E-state index contributed by atoms with van der Waals surface area (Å²) < 4.78 is 51.9. The van der Waals surface area contributed by atoms with Crippen molar-refractivity contribution >= 4 is 17.9 Å². The third kappa shape index (κ3) is 8.56. The van der Waals surface area contributed by atoms with Gasteiger partial charge in [-0.05, 0) is 64.2 Å². The fraction of sp³-hybridized carbons (Fsp3) is 0.190. The predicted molar refractivity (Wildman–Crippen MR) is 192 cm³/mol. The van der Waals surface area contributed by atoms with Crippen molar-refractivity contribution in [1.82, 2.24) is 5.32 Å². The van der Waals surface area contributed by atoms with Crippen molar-refractivity contribution in [1.29, 1.82) is 0 Å². The van der Waals surface area contributed by atoms with Crippen molar-refractivity contribution in [3.63, 3.8) is 0 Å². The van der Waals surface area contributed by atoms with E-state index in [1.54, 1.807) is 24.3 Å². The van der Waals surface area contributed by atoms with Gasteiger partial charge in [0.1, 0.15) is 5.75 Å². The zero-order chi connectivity index (χ0) is 35.7. The monoisotopic (exact) mass is 690 g/mol. The molecule has 0 aromatic heterocycles. The van der Waals surface area contributed by atoms with E-state index in [0.717, 1.165) is 34.4 Å². The number of aliphatic hydroxyl groups excluding tert-OH is 1. The number of nitrogens with one attached hydrogen (secondary N) is 1. The molecule has 1 aliphatic rings. The average molecular weight is 691 g/mol. The smallest absolute Gasteiger partial charge is 0.416 e. The summed E-state index contributed by atoms with van der Waals surface area (Å²) in [6.07, 6.45) is -0.818. The summed E-state index contributed by atoms with van der Waals surface area (Å²) in [7, 11) is 0. The summed E-state index contributed by atoms with van der Waals surface area (Å²) in [5.74, 6) is 0.452. The van der Waals surface area contributed by atoms with Gasteiger partial charge >= 0.3 is 6.18 Å². The van der Waals surface area contributed by atoms with Gasteiger partial charge in [-0.1, -0.05) is 109 Å². The molecule has 5 aromatic rings. The minimum Gasteiger partial charge on any atom is -0.494 e. The number of aliphatic imine (C=N–C) groups is 1. The van der Waals surface area contributed by atoms with Gasteiger partial charge in [0.25, 0.3) is 5.91 Å². The first-order valence-corrected chi connectivity index (χ1v) is 16.7. The molecule has 9 heteroatoms. The number of carbonyl (C=O) groups excluding carboxylic acids is 1. The van der Waals surface area contributed by atoms with Crippen molar-refractivity contribution in [3.8, 4) is 16.9 Å². The second-order valence-corrected chi connectivity index (χ2v) is 12.2. The molecular formula is C42H37F3N2O4. The molecule has 1 aliphatic heterocycles. The number of aliphatic hydroxyl groups is 1. The molecule has 51 heavy (non-hydrogen) atoms. The number of benzene rings is 5. The standard InChI is InChI=1S/C42H37F3N2O4/c43-42(44,45)36-22-14-31(15-23-36)29-46-40(49)41(26-7-11-30-9-3-1-4-10-30)38(34-18-16-33(17-19-34)32-12-5-2-6-13-32)51-39(47-41)35-20-24-37(25-21-35)50-28-8-27-48/h1-7,9-25,38,48H,8,26-29H2,(H,46,49)/b11-7+/t38-,41-/m1/s1. The first kappa shape index (κ1) is 35.2. The Balaban J connectivity index is 1.37. The van der Waals surface area contributed by atoms with Gasteiger partial charge in [-0.2, -0.15) is 13.2 Å². The van der Waals surface area contributed by atoms with E-state index in [0.29, 0.717) is 29.9 Å². The minimum atomic E-state index is -4.46. The molecule has 5 aromatic carbocycles. The molecule has 2 atom stereocenters. The zero-order valence-corrected chi connectivity index (χ0v) is 27.7. The lowest BCUT2D eigenvalue weighted by molar-refractivity contribution is -0.137. The molecule has 1 amide bonds. The van der Waals surface area contributed by atoms with Gasteiger partial charge in [0.2, 0.25) is 5.90 Å². The molecule has 0 unspecified atom stereocenters. The fourth-order valence-corrected chi connectivity index (χ4v) is 5.88. The number of nitrogens with zero attached hydrogens (tertiary/aromatic N) is 1. The number of hydrogen-bond acceptors (Lipinski definition) is 5. The van der Waals surface area contributed by atoms with Crippen molar-refractivity contribution in [2.45, 2.75) is 37.2 Å². The number of carbonyl (C=O) groups is 1. The maximum Gasteiger partial charge on any atom is 0.416 e. The summed E-state index contributed by atoms with van der Waals surface area (Å²) in [4.78, 5) is 19.5. The molecule has 0 saturated heterocycles. The average Bonchev–Trinajstić information content (AvgIpc) is 3.55. The van der Waals surface area contributed by atoms with E-state index in [-0.39, 0.29) is 25.5 Å². The Bertz CT molecular complexity index is 1950. The molecule has 0 fully saturated rings. The molecule has 0 radical (unpaired) electrons. The SMILES string of the molecule is O=C(NCc1ccc(C(F)(F)F)cc1)[C@]1(C/C=C/c2ccccc2)N=C(c2ccc(OCCCO)cc2)O[C@@H]1c1ccc(-c2ccccc2)cc1. The lowest BCUT2D eigenvalue weighted by Crippen LogP contribution is -2.47. The Morgan fingerprint density at radius 3 is 2.10 bits per heavy atom. The molecular weight excluding hydrogens is 653 g/mol. The van der Waals surface area contributed by atoms with E-state index in [1.807, 2.05) is 97.1 Å². The van der Waals surface area contributed by atoms with E-state index in [9.17, 15) is 18.0 Å². The van der Waals surface area contributed by atoms with Crippen LogP contribution >= 0.6 is 0 Å². The van der Waals surface area contributed by atoms with Crippen LogP contribution in [0.25, 0.3) is 17.2 Å². The molecule has 0 bridgehead atoms. The van der Waals surface area contributed by atoms with Gasteiger partial charge in [-0.3, -0.25) is 4.79 Å². The lowest BCUT2D eigenvalue weighted by atomic mass is 9.83. The van der Waals surface area contributed by atoms with Crippen LogP contribution in [-0.4, -0.2) is 35.7 Å². The summed E-state index contributed by atoms with van der Waals surface area (Å²) in [5, 5.41) is 12.1. The van der Waals surface area contributed by atoms with Crippen LogP contribution < -0.4 is 10.1 Å². The van der Waals surface area contributed by atoms with Crippen LogP contribution in [0, 0.1) is 0 Å². The second-order valence-electron chi connectivity index (χ2n) is 12.2. The largest absolute Gasteiger partial charge is 0.494 e. The number of ether oxygens (including phenoxy) is 2. The van der Waals surface area contributed by atoms with E-state index in [2.05, 4.69) is 5.32 Å².